The van der Waals surface area contributed by atoms with Crippen molar-refractivity contribution in [3.8, 4) is 11.5 Å². The Morgan fingerprint density at radius 2 is 1.79 bits per heavy atom. The Morgan fingerprint density at radius 3 is 2.41 bits per heavy atom. The monoisotopic (exact) mass is 401 g/mol. The third kappa shape index (κ3) is 5.08. The molecule has 29 heavy (non-hydrogen) atoms. The lowest BCUT2D eigenvalue weighted by atomic mass is 10.1. The molecule has 2 aromatic rings. The Labute approximate surface area is 170 Å². The number of piperazine rings is 1. The van der Waals surface area contributed by atoms with E-state index in [1.807, 2.05) is 12.1 Å². The Kier molecular flexibility index (Phi) is 6.77. The summed E-state index contributed by atoms with van der Waals surface area (Å²) in [7, 11) is 4.87. The van der Waals surface area contributed by atoms with Crippen molar-refractivity contribution in [2.24, 2.45) is 0 Å². The summed E-state index contributed by atoms with van der Waals surface area (Å²) >= 11 is 0. The minimum atomic E-state index is -0.0492. The van der Waals surface area contributed by atoms with Gasteiger partial charge in [0.1, 0.15) is 5.76 Å². The molecule has 1 aromatic carbocycles. The molecule has 0 spiro atoms. The van der Waals surface area contributed by atoms with Crippen LogP contribution in [-0.4, -0.2) is 80.5 Å². The number of amides is 2. The number of carbonyl (C=O) groups excluding carboxylic acids is 2. The third-order valence-corrected chi connectivity index (χ3v) is 5.05. The van der Waals surface area contributed by atoms with Crippen LogP contribution in [0.3, 0.4) is 0 Å². The highest BCUT2D eigenvalue weighted by Crippen LogP contribution is 2.28. The second-order valence-electron chi connectivity index (χ2n) is 6.97. The molecule has 1 aliphatic heterocycles. The fraction of sp³-hybridized carbons (Fsp3) is 0.429. The summed E-state index contributed by atoms with van der Waals surface area (Å²) in [6, 6.07) is 8.82. The lowest BCUT2D eigenvalue weighted by Gasteiger charge is -2.35. The highest BCUT2D eigenvalue weighted by molar-refractivity contribution is 5.95. The van der Waals surface area contributed by atoms with Gasteiger partial charge in [0, 0.05) is 38.8 Å². The maximum atomic E-state index is 12.8. The van der Waals surface area contributed by atoms with Crippen LogP contribution in [0.5, 0.6) is 11.5 Å². The van der Waals surface area contributed by atoms with Crippen LogP contribution in [0.2, 0.25) is 0 Å². The molecule has 1 saturated heterocycles. The normalized spacial score (nSPS) is 14.5. The summed E-state index contributed by atoms with van der Waals surface area (Å²) in [6.07, 6.45) is 1.60. The van der Waals surface area contributed by atoms with Crippen molar-refractivity contribution < 1.29 is 23.5 Å². The second-order valence-corrected chi connectivity index (χ2v) is 6.97. The SMILES string of the molecule is COc1ccc(C(=O)N2CCN(CC(=O)N(C)Cc3ccco3)CC2)cc1OC. The molecule has 0 atom stereocenters. The van der Waals surface area contributed by atoms with Gasteiger partial charge < -0.3 is 23.7 Å². The van der Waals surface area contributed by atoms with Crippen molar-refractivity contribution in [1.82, 2.24) is 14.7 Å². The average molecular weight is 401 g/mol. The number of benzene rings is 1. The summed E-state index contributed by atoms with van der Waals surface area (Å²) in [5.41, 5.74) is 0.561. The second kappa shape index (κ2) is 9.47. The number of carbonyl (C=O) groups is 2. The number of ether oxygens (including phenoxy) is 2. The largest absolute Gasteiger partial charge is 0.493 e. The van der Waals surface area contributed by atoms with E-state index in [2.05, 4.69) is 4.90 Å². The van der Waals surface area contributed by atoms with E-state index < -0.39 is 0 Å². The van der Waals surface area contributed by atoms with Crippen molar-refractivity contribution in [3.63, 3.8) is 0 Å². The fourth-order valence-corrected chi connectivity index (χ4v) is 3.30. The predicted octanol–water partition coefficient (Wildman–Crippen LogP) is 1.71. The minimum absolute atomic E-state index is 0.0288. The molecule has 1 aliphatic rings. The van der Waals surface area contributed by atoms with E-state index in [0.717, 1.165) is 5.76 Å². The zero-order valence-electron chi connectivity index (χ0n) is 17.1. The lowest BCUT2D eigenvalue weighted by molar-refractivity contribution is -0.132. The molecule has 0 bridgehead atoms. The van der Waals surface area contributed by atoms with Gasteiger partial charge in [-0.05, 0) is 30.3 Å². The topological polar surface area (TPSA) is 75.5 Å². The van der Waals surface area contributed by atoms with Gasteiger partial charge >= 0.3 is 0 Å². The Bertz CT molecular complexity index is 829. The Morgan fingerprint density at radius 1 is 1.07 bits per heavy atom. The number of hydrogen-bond donors (Lipinski definition) is 0. The predicted molar refractivity (Wildman–Crippen MR) is 107 cm³/mol. The van der Waals surface area contributed by atoms with Gasteiger partial charge in [-0.2, -0.15) is 0 Å². The van der Waals surface area contributed by atoms with E-state index in [0.29, 0.717) is 56.3 Å². The van der Waals surface area contributed by atoms with Gasteiger partial charge in [-0.3, -0.25) is 14.5 Å². The average Bonchev–Trinajstić information content (AvgIpc) is 3.26. The zero-order chi connectivity index (χ0) is 20.8. The van der Waals surface area contributed by atoms with Gasteiger partial charge in [0.2, 0.25) is 5.91 Å². The maximum Gasteiger partial charge on any atom is 0.254 e. The fourth-order valence-electron chi connectivity index (χ4n) is 3.30. The zero-order valence-corrected chi connectivity index (χ0v) is 17.1. The van der Waals surface area contributed by atoms with Crippen molar-refractivity contribution >= 4 is 11.8 Å². The standard InChI is InChI=1S/C21H27N3O5/c1-22(14-17-5-4-12-29-17)20(25)15-23-8-10-24(11-9-23)21(26)16-6-7-18(27-2)19(13-16)28-3/h4-7,12-13H,8-11,14-15H2,1-3H3. The number of nitrogens with zero attached hydrogens (tertiary/aromatic N) is 3. The summed E-state index contributed by atoms with van der Waals surface area (Å²) < 4.78 is 15.8. The first kappa shape index (κ1) is 20.7. The molecule has 8 nitrogen and oxygen atoms in total. The summed E-state index contributed by atoms with van der Waals surface area (Å²) in [6.45, 7) is 3.22. The molecule has 0 saturated carbocycles. The van der Waals surface area contributed by atoms with E-state index >= 15 is 0 Å². The van der Waals surface area contributed by atoms with Crippen LogP contribution < -0.4 is 9.47 Å². The van der Waals surface area contributed by atoms with Crippen LogP contribution in [-0.2, 0) is 11.3 Å². The summed E-state index contributed by atoms with van der Waals surface area (Å²) in [5.74, 6) is 1.85. The number of likely N-dealkylation sites (N-methyl/N-ethyl adjacent to an activating group) is 1. The highest BCUT2D eigenvalue weighted by Gasteiger charge is 2.25. The highest BCUT2D eigenvalue weighted by atomic mass is 16.5. The van der Waals surface area contributed by atoms with Gasteiger partial charge in [0.15, 0.2) is 11.5 Å². The molecule has 3 rings (SSSR count). The van der Waals surface area contributed by atoms with Crippen LogP contribution in [0.15, 0.2) is 41.0 Å². The molecule has 156 valence electrons. The molecule has 1 fully saturated rings. The molecule has 0 N–H and O–H groups in total. The first-order chi connectivity index (χ1) is 14.0. The molecule has 0 aliphatic carbocycles. The van der Waals surface area contributed by atoms with Crippen LogP contribution in [0.1, 0.15) is 16.1 Å². The van der Waals surface area contributed by atoms with Crippen molar-refractivity contribution in [2.75, 3.05) is 54.0 Å². The third-order valence-electron chi connectivity index (χ3n) is 5.05. The molecule has 1 aromatic heterocycles. The van der Waals surface area contributed by atoms with Crippen molar-refractivity contribution in [1.29, 1.82) is 0 Å². The number of furan rings is 1. The smallest absolute Gasteiger partial charge is 0.254 e. The van der Waals surface area contributed by atoms with E-state index in [1.165, 1.54) is 0 Å². The molecule has 8 heteroatoms. The summed E-state index contributed by atoms with van der Waals surface area (Å²) in [4.78, 5) is 30.8. The first-order valence-corrected chi connectivity index (χ1v) is 9.52. The Balaban J connectivity index is 1.51. The van der Waals surface area contributed by atoms with Gasteiger partial charge in [-0.25, -0.2) is 0 Å². The first-order valence-electron chi connectivity index (χ1n) is 9.52. The van der Waals surface area contributed by atoms with Crippen LogP contribution in [0.25, 0.3) is 0 Å². The van der Waals surface area contributed by atoms with E-state index in [-0.39, 0.29) is 11.8 Å². The van der Waals surface area contributed by atoms with E-state index in [9.17, 15) is 9.59 Å². The van der Waals surface area contributed by atoms with Gasteiger partial charge in [-0.15, -0.1) is 0 Å². The molecular formula is C21H27N3O5. The lowest BCUT2D eigenvalue weighted by Crippen LogP contribution is -2.51. The molecule has 0 unspecified atom stereocenters. The molecule has 2 heterocycles. The van der Waals surface area contributed by atoms with E-state index in [4.69, 9.17) is 13.9 Å². The number of rotatable bonds is 7. The number of hydrogen-bond acceptors (Lipinski definition) is 6. The van der Waals surface area contributed by atoms with Crippen LogP contribution in [0, 0.1) is 0 Å². The van der Waals surface area contributed by atoms with Crippen molar-refractivity contribution in [3.05, 3.63) is 47.9 Å². The number of methoxy groups -OCH3 is 2. The van der Waals surface area contributed by atoms with Crippen LogP contribution >= 0.6 is 0 Å². The quantitative estimate of drug-likeness (QED) is 0.703. The minimum Gasteiger partial charge on any atom is -0.493 e. The van der Waals surface area contributed by atoms with Crippen LogP contribution in [0.4, 0.5) is 0 Å². The Hall–Kier alpha value is -3.00. The molecular weight excluding hydrogens is 374 g/mol. The maximum absolute atomic E-state index is 12.8. The molecule has 2 amide bonds. The van der Waals surface area contributed by atoms with Gasteiger partial charge in [0.05, 0.1) is 33.6 Å². The van der Waals surface area contributed by atoms with Gasteiger partial charge in [-0.1, -0.05) is 0 Å². The molecule has 0 radical (unpaired) electrons. The summed E-state index contributed by atoms with van der Waals surface area (Å²) in [5, 5.41) is 0. The van der Waals surface area contributed by atoms with E-state index in [1.54, 1.807) is 55.5 Å². The van der Waals surface area contributed by atoms with Gasteiger partial charge in [0.25, 0.3) is 5.91 Å². The van der Waals surface area contributed by atoms with Crippen molar-refractivity contribution in [2.45, 2.75) is 6.54 Å².